The highest BCUT2D eigenvalue weighted by Crippen LogP contribution is 1.84. The van der Waals surface area contributed by atoms with Crippen molar-refractivity contribution in [3.05, 3.63) is 73.7 Å². The highest BCUT2D eigenvalue weighted by Gasteiger charge is 1.95. The minimum absolute atomic E-state index is 0.0680. The maximum Gasteiger partial charge on any atom is 0.267 e. The Hall–Kier alpha value is -3.09. The first-order valence-corrected chi connectivity index (χ1v) is 5.53. The van der Waals surface area contributed by atoms with Crippen LogP contribution in [-0.2, 0) is 0 Å². The second kappa shape index (κ2) is 9.89. The van der Waals surface area contributed by atoms with Crippen LogP contribution < -0.4 is 5.73 Å². The van der Waals surface area contributed by atoms with Crippen molar-refractivity contribution in [1.82, 2.24) is 19.9 Å². The molecule has 7 heteroatoms. The van der Waals surface area contributed by atoms with Gasteiger partial charge in [-0.1, -0.05) is 0 Å². The summed E-state index contributed by atoms with van der Waals surface area (Å²) in [5.74, 6) is -0.657. The molecule has 20 heavy (non-hydrogen) atoms. The van der Waals surface area contributed by atoms with Crippen LogP contribution in [0.1, 0.15) is 10.5 Å². The molecule has 0 saturated heterocycles. The molecule has 0 radical (unpaired) electrons. The van der Waals surface area contributed by atoms with E-state index in [4.69, 9.17) is 10.2 Å². The molecule has 0 bridgehead atoms. The monoisotopic (exact) mass is 271 g/mol. The van der Waals surface area contributed by atoms with Crippen molar-refractivity contribution in [2.75, 3.05) is 0 Å². The highest BCUT2D eigenvalue weighted by molar-refractivity contribution is 5.90. The third kappa shape index (κ3) is 7.28. The molecule has 0 fully saturated rings. The third-order valence-corrected chi connectivity index (χ3v) is 1.73. The van der Waals surface area contributed by atoms with Crippen molar-refractivity contribution in [3.63, 3.8) is 0 Å². The number of rotatable bonds is 1. The van der Waals surface area contributed by atoms with E-state index in [9.17, 15) is 4.79 Å². The van der Waals surface area contributed by atoms with E-state index in [0.717, 1.165) is 0 Å². The Balaban J connectivity index is 3.25. The van der Waals surface area contributed by atoms with Crippen molar-refractivity contribution >= 4 is 5.91 Å². The normalized spacial score (nSPS) is 8.40. The van der Waals surface area contributed by atoms with Gasteiger partial charge in [0.25, 0.3) is 5.91 Å². The van der Waals surface area contributed by atoms with Gasteiger partial charge in [-0.15, -0.1) is 0 Å². The number of nitrogens with zero attached hydrogens (tertiary/aromatic N) is 4. The molecule has 0 aliphatic rings. The van der Waals surface area contributed by atoms with Crippen molar-refractivity contribution in [2.24, 2.45) is 5.73 Å². The zero-order valence-corrected chi connectivity index (χ0v) is 10.5. The Labute approximate surface area is 115 Å². The van der Waals surface area contributed by atoms with Crippen molar-refractivity contribution in [1.29, 1.82) is 0 Å². The number of aromatic nitrogens is 4. The van der Waals surface area contributed by atoms with Crippen LogP contribution in [0.3, 0.4) is 0 Å². The fourth-order valence-corrected chi connectivity index (χ4v) is 0.925. The van der Waals surface area contributed by atoms with E-state index < -0.39 is 5.91 Å². The summed E-state index contributed by atoms with van der Waals surface area (Å²) in [6.45, 7) is 0. The lowest BCUT2D eigenvalue weighted by Gasteiger charge is -1.85. The number of carbonyl (C=O) groups excluding carboxylic acids is 1. The number of carbonyl (C=O) groups is 1. The topological polar surface area (TPSA) is 108 Å². The highest BCUT2D eigenvalue weighted by atomic mass is 16.3. The zero-order valence-electron chi connectivity index (χ0n) is 10.5. The van der Waals surface area contributed by atoms with Crippen LogP contribution in [0.5, 0.6) is 0 Å². The lowest BCUT2D eigenvalue weighted by atomic mass is 10.4. The summed E-state index contributed by atoms with van der Waals surface area (Å²) in [5, 5.41) is 0. The molecule has 0 aliphatic carbocycles. The van der Waals surface area contributed by atoms with Gasteiger partial charge in [0.2, 0.25) is 0 Å². The molecule has 1 rings (SSSR count). The zero-order chi connectivity index (χ0) is 14.5. The van der Waals surface area contributed by atoms with Crippen molar-refractivity contribution in [3.8, 4) is 0 Å². The van der Waals surface area contributed by atoms with Crippen LogP contribution in [0.2, 0.25) is 0 Å². The number of amides is 1. The molecule has 0 unspecified atom stereocenters. The number of hydrogen-bond donors (Lipinski definition) is 1. The van der Waals surface area contributed by atoms with E-state index in [1.54, 1.807) is 0 Å². The molecule has 0 aromatic carbocycles. The maximum absolute atomic E-state index is 11.1. The molecule has 1 heterocycles. The molecule has 7 nitrogen and oxygen atoms in total. The number of nitrogens with two attached hydrogens (primary N) is 1. The summed E-state index contributed by atoms with van der Waals surface area (Å²) < 4.78 is 4.97. The summed E-state index contributed by atoms with van der Waals surface area (Å²) in [6, 6.07) is 2.89. The molecule has 1 aromatic heterocycles. The average molecular weight is 271 g/mol. The molecular weight excluding hydrogens is 258 g/mol. The minimum Gasteiger partial charge on any atom is -0.471 e. The standard InChI is InChI=1S/C13H13N5O2/c14-13(19)12-2-4-15-5-6-16-7-8-17-9-11-20-10-1-3-18-12/h1-11H,(H2,14,19). The van der Waals surface area contributed by atoms with Crippen LogP contribution in [0, 0.1) is 0 Å². The van der Waals surface area contributed by atoms with Gasteiger partial charge in [-0.2, -0.15) is 0 Å². The van der Waals surface area contributed by atoms with Gasteiger partial charge in [0.15, 0.2) is 0 Å². The van der Waals surface area contributed by atoms with Crippen LogP contribution >= 0.6 is 0 Å². The second-order valence-electron chi connectivity index (χ2n) is 3.14. The van der Waals surface area contributed by atoms with E-state index in [0.29, 0.717) is 0 Å². The third-order valence-electron chi connectivity index (χ3n) is 1.73. The van der Waals surface area contributed by atoms with Gasteiger partial charge in [-0.25, -0.2) is 0 Å². The van der Waals surface area contributed by atoms with Crippen LogP contribution in [0.25, 0.3) is 0 Å². The second-order valence-corrected chi connectivity index (χ2v) is 3.14. The van der Waals surface area contributed by atoms with Crippen molar-refractivity contribution < 1.29 is 9.21 Å². The SMILES string of the molecule is NC(=O)c1ccnccnccnccocccn1. The summed E-state index contributed by atoms with van der Waals surface area (Å²) in [6.07, 6.45) is 12.8. The van der Waals surface area contributed by atoms with Crippen molar-refractivity contribution in [2.45, 2.75) is 0 Å². The van der Waals surface area contributed by atoms with E-state index in [2.05, 4.69) is 19.9 Å². The summed E-state index contributed by atoms with van der Waals surface area (Å²) in [7, 11) is 0. The van der Waals surface area contributed by atoms with Crippen LogP contribution in [-0.4, -0.2) is 25.8 Å². The lowest BCUT2D eigenvalue weighted by molar-refractivity contribution is 0.0995. The molecule has 0 atom stereocenters. The van der Waals surface area contributed by atoms with E-state index in [-0.39, 0.29) is 5.69 Å². The Morgan fingerprint density at radius 2 is 1.55 bits per heavy atom. The van der Waals surface area contributed by atoms with Gasteiger partial charge < -0.3 is 10.2 Å². The van der Waals surface area contributed by atoms with Gasteiger partial charge >= 0.3 is 0 Å². The molecule has 0 spiro atoms. The van der Waals surface area contributed by atoms with Gasteiger partial charge in [0, 0.05) is 37.2 Å². The molecule has 2 N–H and O–H groups in total. The maximum atomic E-state index is 11.1. The predicted octanol–water partition coefficient (Wildman–Crippen LogP) is 1.33. The quantitative estimate of drug-likeness (QED) is 0.825. The lowest BCUT2D eigenvalue weighted by Crippen LogP contribution is -2.11. The first-order valence-electron chi connectivity index (χ1n) is 5.53. The minimum atomic E-state index is -0.657. The Morgan fingerprint density at radius 3 is 2.25 bits per heavy atom. The smallest absolute Gasteiger partial charge is 0.267 e. The summed E-state index contributed by atoms with van der Waals surface area (Å²) in [4.78, 5) is 26.6. The van der Waals surface area contributed by atoms with Gasteiger partial charge in [0.1, 0.15) is 12.0 Å². The van der Waals surface area contributed by atoms with Gasteiger partial charge in [-0.3, -0.25) is 24.7 Å². The molecule has 1 aromatic rings. The van der Waals surface area contributed by atoms with Crippen LogP contribution in [0.4, 0.5) is 0 Å². The van der Waals surface area contributed by atoms with E-state index in [1.165, 1.54) is 68.0 Å². The predicted molar refractivity (Wildman–Crippen MR) is 71.3 cm³/mol. The fourth-order valence-electron chi connectivity index (χ4n) is 0.925. The largest absolute Gasteiger partial charge is 0.471 e. The first-order chi connectivity index (χ1) is 9.80. The summed E-state index contributed by atoms with van der Waals surface area (Å²) in [5.41, 5.74) is 5.23. The molecule has 102 valence electrons. The molecular formula is C13H13N5O2. The molecule has 0 aliphatic heterocycles. The number of hydrogen-bond acceptors (Lipinski definition) is 6. The molecule has 1 amide bonds. The van der Waals surface area contributed by atoms with Gasteiger partial charge in [-0.05, 0) is 12.1 Å². The first kappa shape index (κ1) is 15.0. The van der Waals surface area contributed by atoms with Gasteiger partial charge in [0.05, 0.1) is 12.5 Å². The van der Waals surface area contributed by atoms with E-state index >= 15 is 0 Å². The number of primary amides is 1. The Kier molecular flexibility index (Phi) is 7.40. The Bertz CT molecular complexity index is 554. The van der Waals surface area contributed by atoms with Crippen LogP contribution in [0.15, 0.2) is 72.5 Å². The summed E-state index contributed by atoms with van der Waals surface area (Å²) >= 11 is 0. The average Bonchev–Trinajstić information content (AvgIpc) is 2.43. The molecule has 0 saturated carbocycles. The Morgan fingerprint density at radius 1 is 0.900 bits per heavy atom. The fraction of sp³-hybridized carbons (Fsp3) is 0. The van der Waals surface area contributed by atoms with E-state index in [1.807, 2.05) is 0 Å².